The van der Waals surface area contributed by atoms with Gasteiger partial charge in [0, 0.05) is 18.4 Å². The molecule has 0 aliphatic rings. The summed E-state index contributed by atoms with van der Waals surface area (Å²) in [6.07, 6.45) is 2.67. The molecule has 0 saturated heterocycles. The standard InChI is InChI=1S/C17H18O4S2/c1-22-21-16-8-6-15(7-9-16)20-11-10-13-2-4-14(5-3-13)12-23-17(18)19/h2-9H,10-12H2,1H3,(H,18,19). The number of benzene rings is 2. The summed E-state index contributed by atoms with van der Waals surface area (Å²) in [5, 5.41) is 7.79. The fourth-order valence-corrected chi connectivity index (χ4v) is 2.71. The molecule has 0 fully saturated rings. The molecule has 2 aromatic carbocycles. The Balaban J connectivity index is 1.76. The molecule has 0 atom stereocenters. The van der Waals surface area contributed by atoms with E-state index in [0.717, 1.165) is 40.8 Å². The summed E-state index contributed by atoms with van der Waals surface area (Å²) in [6.45, 7) is 0.589. The Bertz CT molecular complexity index is 611. The van der Waals surface area contributed by atoms with Crippen molar-refractivity contribution in [2.45, 2.75) is 12.2 Å². The van der Waals surface area contributed by atoms with E-state index < -0.39 is 5.30 Å². The molecule has 0 radical (unpaired) electrons. The number of thioether (sulfide) groups is 1. The maximum atomic E-state index is 10.5. The molecule has 2 rings (SSSR count). The monoisotopic (exact) mass is 350 g/mol. The molecule has 4 nitrogen and oxygen atoms in total. The van der Waals surface area contributed by atoms with Gasteiger partial charge in [-0.3, -0.25) is 0 Å². The average Bonchev–Trinajstić information content (AvgIpc) is 2.56. The van der Waals surface area contributed by atoms with Crippen LogP contribution in [-0.2, 0) is 12.2 Å². The van der Waals surface area contributed by atoms with Crippen LogP contribution in [0.2, 0.25) is 0 Å². The molecule has 2 aromatic rings. The number of carbonyl (C=O) groups is 1. The van der Waals surface area contributed by atoms with Crippen molar-refractivity contribution in [3.05, 3.63) is 59.7 Å². The van der Waals surface area contributed by atoms with E-state index in [1.807, 2.05) is 54.8 Å². The van der Waals surface area contributed by atoms with Gasteiger partial charge in [-0.15, -0.1) is 0 Å². The first-order valence-corrected chi connectivity index (χ1v) is 9.18. The van der Waals surface area contributed by atoms with Crippen LogP contribution < -0.4 is 8.92 Å². The Kier molecular flexibility index (Phi) is 7.16. The number of rotatable bonds is 8. The zero-order valence-electron chi connectivity index (χ0n) is 12.7. The van der Waals surface area contributed by atoms with Gasteiger partial charge in [-0.05, 0) is 47.2 Å². The van der Waals surface area contributed by atoms with E-state index in [-0.39, 0.29) is 0 Å². The molecule has 0 amide bonds. The second kappa shape index (κ2) is 9.37. The van der Waals surface area contributed by atoms with Crippen LogP contribution in [0.4, 0.5) is 4.79 Å². The van der Waals surface area contributed by atoms with Crippen molar-refractivity contribution in [1.82, 2.24) is 0 Å². The molecule has 0 heterocycles. The van der Waals surface area contributed by atoms with Crippen molar-refractivity contribution in [1.29, 1.82) is 0 Å². The van der Waals surface area contributed by atoms with E-state index in [9.17, 15) is 4.79 Å². The molecule has 122 valence electrons. The van der Waals surface area contributed by atoms with Gasteiger partial charge in [0.1, 0.15) is 11.5 Å². The molecule has 1 N–H and O–H groups in total. The fraction of sp³-hybridized carbons (Fsp3) is 0.235. The number of carboxylic acid groups (broad SMARTS) is 1. The molecule has 0 aliphatic heterocycles. The van der Waals surface area contributed by atoms with Gasteiger partial charge in [0.25, 0.3) is 0 Å². The Hall–Kier alpha value is -1.79. The van der Waals surface area contributed by atoms with Gasteiger partial charge in [-0.1, -0.05) is 24.3 Å². The summed E-state index contributed by atoms with van der Waals surface area (Å²) in [6, 6.07) is 15.5. The van der Waals surface area contributed by atoms with Gasteiger partial charge < -0.3 is 14.0 Å². The van der Waals surface area contributed by atoms with Gasteiger partial charge in [-0.25, -0.2) is 4.79 Å². The van der Waals surface area contributed by atoms with Crippen LogP contribution in [-0.4, -0.2) is 23.3 Å². The topological polar surface area (TPSA) is 55.8 Å². The van der Waals surface area contributed by atoms with E-state index in [1.165, 1.54) is 12.0 Å². The number of hydrogen-bond donors (Lipinski definition) is 1. The van der Waals surface area contributed by atoms with Gasteiger partial charge in [0.2, 0.25) is 0 Å². The van der Waals surface area contributed by atoms with Crippen LogP contribution in [0.3, 0.4) is 0 Å². The highest BCUT2D eigenvalue weighted by atomic mass is 32.2. The van der Waals surface area contributed by atoms with Crippen LogP contribution >= 0.6 is 23.8 Å². The van der Waals surface area contributed by atoms with Crippen LogP contribution in [0.5, 0.6) is 11.5 Å². The third kappa shape index (κ3) is 6.46. The molecule has 0 saturated carbocycles. The Labute approximate surface area is 144 Å². The average molecular weight is 350 g/mol. The van der Waals surface area contributed by atoms with Crippen molar-refractivity contribution in [2.24, 2.45) is 0 Å². The summed E-state index contributed by atoms with van der Waals surface area (Å²) in [7, 11) is 0. The molecule has 0 bridgehead atoms. The van der Waals surface area contributed by atoms with Crippen molar-refractivity contribution < 1.29 is 18.8 Å². The van der Waals surface area contributed by atoms with E-state index in [2.05, 4.69) is 0 Å². The van der Waals surface area contributed by atoms with Crippen LogP contribution in [0, 0.1) is 0 Å². The summed E-state index contributed by atoms with van der Waals surface area (Å²) < 4.78 is 11.0. The van der Waals surface area contributed by atoms with Gasteiger partial charge >= 0.3 is 5.30 Å². The molecule has 0 unspecified atom stereocenters. The molecule has 23 heavy (non-hydrogen) atoms. The zero-order chi connectivity index (χ0) is 16.5. The van der Waals surface area contributed by atoms with Crippen molar-refractivity contribution in [3.63, 3.8) is 0 Å². The van der Waals surface area contributed by atoms with Crippen molar-refractivity contribution >= 4 is 29.1 Å². The molecule has 6 heteroatoms. The molecular formula is C17H18O4S2. The lowest BCUT2D eigenvalue weighted by Crippen LogP contribution is -2.01. The first-order chi connectivity index (χ1) is 11.2. The highest BCUT2D eigenvalue weighted by Gasteiger charge is 2.01. The minimum Gasteiger partial charge on any atom is -0.493 e. The van der Waals surface area contributed by atoms with Crippen molar-refractivity contribution in [2.75, 3.05) is 12.9 Å². The van der Waals surface area contributed by atoms with E-state index >= 15 is 0 Å². The quantitative estimate of drug-likeness (QED) is 0.685. The van der Waals surface area contributed by atoms with Crippen LogP contribution in [0.25, 0.3) is 0 Å². The first kappa shape index (κ1) is 17.6. The van der Waals surface area contributed by atoms with Crippen molar-refractivity contribution in [3.8, 4) is 11.5 Å². The zero-order valence-corrected chi connectivity index (χ0v) is 14.4. The van der Waals surface area contributed by atoms with Gasteiger partial charge in [0.15, 0.2) is 0 Å². The van der Waals surface area contributed by atoms with Crippen LogP contribution in [0.1, 0.15) is 11.1 Å². The number of hydrogen-bond acceptors (Lipinski definition) is 5. The second-order valence-electron chi connectivity index (χ2n) is 4.69. The SMILES string of the molecule is CSOc1ccc(OCCc2ccc(CSC(=O)O)cc2)cc1. The Morgan fingerprint density at radius 1 is 1.00 bits per heavy atom. The summed E-state index contributed by atoms with van der Waals surface area (Å²) in [4.78, 5) is 10.5. The van der Waals surface area contributed by atoms with E-state index in [4.69, 9.17) is 14.0 Å². The molecular weight excluding hydrogens is 332 g/mol. The van der Waals surface area contributed by atoms with Gasteiger partial charge in [0.05, 0.1) is 18.6 Å². The minimum absolute atomic E-state index is 0.483. The lowest BCUT2D eigenvalue weighted by molar-refractivity contribution is 0.222. The van der Waals surface area contributed by atoms with E-state index in [0.29, 0.717) is 12.4 Å². The minimum atomic E-state index is -0.851. The predicted molar refractivity (Wildman–Crippen MR) is 95.5 cm³/mol. The summed E-state index contributed by atoms with van der Waals surface area (Å²) in [5.74, 6) is 2.10. The highest BCUT2D eigenvalue weighted by molar-refractivity contribution is 8.12. The van der Waals surface area contributed by atoms with Crippen LogP contribution in [0.15, 0.2) is 48.5 Å². The molecule has 0 aliphatic carbocycles. The highest BCUT2D eigenvalue weighted by Crippen LogP contribution is 2.20. The first-order valence-electron chi connectivity index (χ1n) is 7.04. The second-order valence-corrected chi connectivity index (χ2v) is 6.12. The van der Waals surface area contributed by atoms with E-state index in [1.54, 1.807) is 0 Å². The normalized spacial score (nSPS) is 10.3. The third-order valence-corrected chi connectivity index (χ3v) is 4.13. The lowest BCUT2D eigenvalue weighted by atomic mass is 10.1. The number of ether oxygens (including phenoxy) is 1. The smallest absolute Gasteiger partial charge is 0.365 e. The maximum absolute atomic E-state index is 10.5. The Morgan fingerprint density at radius 3 is 2.22 bits per heavy atom. The maximum Gasteiger partial charge on any atom is 0.365 e. The molecule has 0 spiro atoms. The van der Waals surface area contributed by atoms with Gasteiger partial charge in [-0.2, -0.15) is 0 Å². The largest absolute Gasteiger partial charge is 0.493 e. The predicted octanol–water partition coefficient (Wildman–Crippen LogP) is 4.88. The summed E-state index contributed by atoms with van der Waals surface area (Å²) in [5.41, 5.74) is 2.17. The third-order valence-electron chi connectivity index (χ3n) is 3.05. The molecule has 0 aromatic heterocycles. The fourth-order valence-electron chi connectivity index (χ4n) is 1.92. The summed E-state index contributed by atoms with van der Waals surface area (Å²) >= 11 is 2.20. The Morgan fingerprint density at radius 2 is 1.61 bits per heavy atom. The lowest BCUT2D eigenvalue weighted by Gasteiger charge is -2.08.